The number of ether oxygens (including phenoxy) is 3. The zero-order chi connectivity index (χ0) is 24.6. The number of ketones is 1. The molecule has 0 amide bonds. The van der Waals surface area contributed by atoms with Crippen molar-refractivity contribution in [3.63, 3.8) is 0 Å². The van der Waals surface area contributed by atoms with Crippen LogP contribution < -0.4 is 4.74 Å². The molecule has 184 valence electrons. The first kappa shape index (κ1) is 24.3. The fraction of sp³-hybridized carbons (Fsp3) is 0.577. The molecule has 8 nitrogen and oxygen atoms in total. The summed E-state index contributed by atoms with van der Waals surface area (Å²) in [7, 11) is 1.52. The van der Waals surface area contributed by atoms with Crippen LogP contribution in [-0.2, 0) is 36.7 Å². The van der Waals surface area contributed by atoms with Crippen LogP contribution in [0.2, 0.25) is 0 Å². The van der Waals surface area contributed by atoms with E-state index in [0.29, 0.717) is 16.9 Å². The summed E-state index contributed by atoms with van der Waals surface area (Å²) in [6, 6.07) is 3.55. The quantitative estimate of drug-likeness (QED) is 0.502. The Hall–Kier alpha value is -2.87. The number of carbonyl (C=O) groups is 3. The fourth-order valence-corrected chi connectivity index (χ4v) is 5.58. The standard InChI is InChI=1S/C26H32O8/c1-5-32-24(28)21-17(27)13-26(3,30)22(25(29)33-6-2)20(21)14-11-16-15-9-7-8-10-18(15)34-23(16)19(12-14)31-4/h11-12,20-22,30H,5-10,13H2,1-4H3. The Labute approximate surface area is 198 Å². The Morgan fingerprint density at radius 1 is 1.12 bits per heavy atom. The van der Waals surface area contributed by atoms with Gasteiger partial charge in [-0.1, -0.05) is 0 Å². The Bertz CT molecular complexity index is 1110. The van der Waals surface area contributed by atoms with Crippen LogP contribution in [-0.4, -0.2) is 48.8 Å². The molecule has 1 aromatic heterocycles. The molecule has 2 aliphatic carbocycles. The maximum Gasteiger partial charge on any atom is 0.317 e. The second kappa shape index (κ2) is 9.41. The largest absolute Gasteiger partial charge is 0.493 e. The Balaban J connectivity index is 1.95. The monoisotopic (exact) mass is 472 g/mol. The van der Waals surface area contributed by atoms with E-state index in [1.54, 1.807) is 19.9 Å². The highest BCUT2D eigenvalue weighted by Crippen LogP contribution is 2.49. The molecular formula is C26H32O8. The van der Waals surface area contributed by atoms with Crippen molar-refractivity contribution >= 4 is 28.7 Å². The van der Waals surface area contributed by atoms with E-state index in [4.69, 9.17) is 18.6 Å². The van der Waals surface area contributed by atoms with Crippen LogP contribution in [0.4, 0.5) is 0 Å². The maximum absolute atomic E-state index is 13.2. The van der Waals surface area contributed by atoms with Crippen LogP contribution in [0.25, 0.3) is 11.0 Å². The van der Waals surface area contributed by atoms with Gasteiger partial charge in [-0.15, -0.1) is 0 Å². The molecule has 2 aromatic rings. The Morgan fingerprint density at radius 2 is 1.79 bits per heavy atom. The SMILES string of the molecule is CCOC(=O)C1C(=O)CC(C)(O)C(C(=O)OCC)C1c1cc(OC)c2oc3c(c2c1)CCCC3. The highest BCUT2D eigenvalue weighted by Gasteiger charge is 2.57. The summed E-state index contributed by atoms with van der Waals surface area (Å²) in [5.74, 6) is -3.87. The lowest BCUT2D eigenvalue weighted by Gasteiger charge is -2.43. The molecule has 0 bridgehead atoms. The summed E-state index contributed by atoms with van der Waals surface area (Å²) < 4.78 is 22.3. The smallest absolute Gasteiger partial charge is 0.317 e. The molecule has 0 saturated heterocycles. The van der Waals surface area contributed by atoms with Gasteiger partial charge in [-0.2, -0.15) is 0 Å². The molecule has 4 rings (SSSR count). The molecule has 8 heteroatoms. The zero-order valence-corrected chi connectivity index (χ0v) is 20.1. The Morgan fingerprint density at radius 3 is 2.47 bits per heavy atom. The van der Waals surface area contributed by atoms with E-state index < -0.39 is 41.1 Å². The minimum Gasteiger partial charge on any atom is -0.493 e. The van der Waals surface area contributed by atoms with Crippen molar-refractivity contribution in [2.24, 2.45) is 11.8 Å². The first-order chi connectivity index (χ1) is 16.2. The van der Waals surface area contributed by atoms with Crippen molar-refractivity contribution in [1.29, 1.82) is 0 Å². The molecule has 0 aliphatic heterocycles. The van der Waals surface area contributed by atoms with Gasteiger partial charge in [-0.25, -0.2) is 0 Å². The van der Waals surface area contributed by atoms with E-state index in [1.165, 1.54) is 14.0 Å². The van der Waals surface area contributed by atoms with Crippen molar-refractivity contribution in [2.75, 3.05) is 20.3 Å². The molecule has 34 heavy (non-hydrogen) atoms. The second-order valence-corrected chi connectivity index (χ2v) is 9.30. The second-order valence-electron chi connectivity index (χ2n) is 9.30. The molecule has 4 unspecified atom stereocenters. The Kier molecular flexibility index (Phi) is 6.71. The third-order valence-corrected chi connectivity index (χ3v) is 7.00. The van der Waals surface area contributed by atoms with E-state index in [0.717, 1.165) is 42.4 Å². The number of aliphatic hydroxyl groups is 1. The van der Waals surface area contributed by atoms with E-state index in [9.17, 15) is 19.5 Å². The summed E-state index contributed by atoms with van der Waals surface area (Å²) in [6.45, 7) is 4.97. The summed E-state index contributed by atoms with van der Waals surface area (Å²) in [4.78, 5) is 39.3. The van der Waals surface area contributed by atoms with Crippen LogP contribution in [0.1, 0.15) is 62.8 Å². The third kappa shape index (κ3) is 4.08. The number of hydrogen-bond acceptors (Lipinski definition) is 8. The van der Waals surface area contributed by atoms with Gasteiger partial charge in [0.05, 0.1) is 31.8 Å². The molecule has 0 radical (unpaired) electrons. The van der Waals surface area contributed by atoms with Crippen LogP contribution in [0.3, 0.4) is 0 Å². The predicted octanol–water partition coefficient (Wildman–Crippen LogP) is 3.49. The number of esters is 2. The van der Waals surface area contributed by atoms with E-state index in [-0.39, 0.29) is 19.6 Å². The van der Waals surface area contributed by atoms with Crippen molar-refractivity contribution in [2.45, 2.75) is 64.4 Å². The maximum atomic E-state index is 13.2. The number of hydrogen-bond donors (Lipinski definition) is 1. The number of Topliss-reactive ketones (excluding diaryl/α,β-unsaturated/α-hetero) is 1. The molecule has 1 N–H and O–H groups in total. The molecule has 1 saturated carbocycles. The van der Waals surface area contributed by atoms with Crippen molar-refractivity contribution < 1.29 is 38.1 Å². The fourth-order valence-electron chi connectivity index (χ4n) is 5.58. The summed E-state index contributed by atoms with van der Waals surface area (Å²) in [5.41, 5.74) is 0.515. The van der Waals surface area contributed by atoms with Gasteiger partial charge < -0.3 is 23.7 Å². The van der Waals surface area contributed by atoms with Crippen molar-refractivity contribution in [3.8, 4) is 5.75 Å². The van der Waals surface area contributed by atoms with Gasteiger partial charge >= 0.3 is 11.9 Å². The zero-order valence-electron chi connectivity index (χ0n) is 20.1. The first-order valence-electron chi connectivity index (χ1n) is 11.9. The topological polar surface area (TPSA) is 112 Å². The average molecular weight is 473 g/mol. The minimum absolute atomic E-state index is 0.0907. The lowest BCUT2D eigenvalue weighted by molar-refractivity contribution is -0.172. The molecule has 1 fully saturated rings. The lowest BCUT2D eigenvalue weighted by Crippen LogP contribution is -2.55. The number of aryl methyl sites for hydroxylation is 2. The number of carbonyl (C=O) groups excluding carboxylic acids is 3. The molecule has 2 aliphatic rings. The number of furan rings is 1. The van der Waals surface area contributed by atoms with Gasteiger partial charge in [0.1, 0.15) is 11.7 Å². The lowest BCUT2D eigenvalue weighted by atomic mass is 9.61. The molecule has 4 atom stereocenters. The number of rotatable bonds is 6. The third-order valence-electron chi connectivity index (χ3n) is 7.00. The highest BCUT2D eigenvalue weighted by molar-refractivity contribution is 6.03. The van der Waals surface area contributed by atoms with Gasteiger partial charge in [0, 0.05) is 29.7 Å². The van der Waals surface area contributed by atoms with Crippen LogP contribution in [0, 0.1) is 11.8 Å². The van der Waals surface area contributed by atoms with Crippen LogP contribution >= 0.6 is 0 Å². The van der Waals surface area contributed by atoms with E-state index >= 15 is 0 Å². The molecular weight excluding hydrogens is 440 g/mol. The molecule has 0 spiro atoms. The van der Waals surface area contributed by atoms with Crippen molar-refractivity contribution in [3.05, 3.63) is 29.0 Å². The number of fused-ring (bicyclic) bond motifs is 3. The highest BCUT2D eigenvalue weighted by atomic mass is 16.5. The minimum atomic E-state index is -1.70. The van der Waals surface area contributed by atoms with Gasteiger partial charge in [0.15, 0.2) is 17.1 Å². The summed E-state index contributed by atoms with van der Waals surface area (Å²) in [6.07, 6.45) is 3.39. The summed E-state index contributed by atoms with van der Waals surface area (Å²) >= 11 is 0. The van der Waals surface area contributed by atoms with Crippen molar-refractivity contribution in [1.82, 2.24) is 0 Å². The predicted molar refractivity (Wildman–Crippen MR) is 123 cm³/mol. The van der Waals surface area contributed by atoms with E-state index in [2.05, 4.69) is 0 Å². The number of benzene rings is 1. The number of methoxy groups -OCH3 is 1. The van der Waals surface area contributed by atoms with Crippen LogP contribution in [0.5, 0.6) is 5.75 Å². The van der Waals surface area contributed by atoms with Gasteiger partial charge in [-0.3, -0.25) is 14.4 Å². The molecule has 1 aromatic carbocycles. The van der Waals surface area contributed by atoms with Crippen LogP contribution in [0.15, 0.2) is 16.5 Å². The van der Waals surface area contributed by atoms with Gasteiger partial charge in [0.25, 0.3) is 0 Å². The average Bonchev–Trinajstić information content (AvgIpc) is 3.16. The summed E-state index contributed by atoms with van der Waals surface area (Å²) in [5, 5.41) is 12.1. The normalized spacial score (nSPS) is 26.7. The van der Waals surface area contributed by atoms with Gasteiger partial charge in [0.2, 0.25) is 0 Å². The van der Waals surface area contributed by atoms with E-state index in [1.807, 2.05) is 6.07 Å². The van der Waals surface area contributed by atoms with Gasteiger partial charge in [-0.05, 0) is 57.7 Å². The first-order valence-corrected chi connectivity index (χ1v) is 11.9. The molecule has 1 heterocycles.